The Morgan fingerprint density at radius 1 is 1.00 bits per heavy atom. The lowest BCUT2D eigenvalue weighted by molar-refractivity contribution is 0.112. The normalized spacial score (nSPS) is 31.4. The van der Waals surface area contributed by atoms with E-state index in [2.05, 4.69) is 49.6 Å². The Labute approximate surface area is 126 Å². The first-order valence-corrected chi connectivity index (χ1v) is 8.62. The molecule has 3 nitrogen and oxygen atoms in total. The van der Waals surface area contributed by atoms with Crippen LogP contribution in [0.15, 0.2) is 0 Å². The van der Waals surface area contributed by atoms with E-state index in [-0.39, 0.29) is 0 Å². The summed E-state index contributed by atoms with van der Waals surface area (Å²) >= 11 is 0. The van der Waals surface area contributed by atoms with Crippen molar-refractivity contribution in [2.24, 2.45) is 5.92 Å². The zero-order valence-corrected chi connectivity index (χ0v) is 14.3. The lowest BCUT2D eigenvalue weighted by Gasteiger charge is -2.37. The number of nitrogens with zero attached hydrogens (tertiary/aromatic N) is 3. The van der Waals surface area contributed by atoms with Crippen molar-refractivity contribution in [2.45, 2.75) is 64.6 Å². The number of hydrogen-bond donors (Lipinski definition) is 0. The van der Waals surface area contributed by atoms with Gasteiger partial charge in [0.2, 0.25) is 0 Å². The minimum atomic E-state index is 0.720. The lowest BCUT2D eigenvalue weighted by Crippen LogP contribution is -2.42. The quantitative estimate of drug-likeness (QED) is 0.767. The van der Waals surface area contributed by atoms with Gasteiger partial charge in [0, 0.05) is 37.8 Å². The molecule has 2 heterocycles. The maximum atomic E-state index is 2.72. The monoisotopic (exact) mass is 281 g/mol. The smallest absolute Gasteiger partial charge is 0.0229 e. The van der Waals surface area contributed by atoms with Crippen LogP contribution < -0.4 is 0 Å². The maximum Gasteiger partial charge on any atom is 0.0229 e. The van der Waals surface area contributed by atoms with E-state index < -0.39 is 0 Å². The van der Waals surface area contributed by atoms with Gasteiger partial charge in [-0.25, -0.2) is 0 Å². The van der Waals surface area contributed by atoms with Gasteiger partial charge in [-0.15, -0.1) is 0 Å². The standard InChI is InChI=1S/C17H35N3/c1-14(2)19-9-6-7-16(12-19)11-15(3)20-10-8-17(13-20)18(4)5/h14-17H,6-13H2,1-5H3. The Morgan fingerprint density at radius 3 is 2.35 bits per heavy atom. The van der Waals surface area contributed by atoms with Crippen LogP contribution in [0, 0.1) is 5.92 Å². The second-order valence-corrected chi connectivity index (χ2v) is 7.58. The van der Waals surface area contributed by atoms with E-state index in [4.69, 9.17) is 0 Å². The molecule has 3 heteroatoms. The first-order chi connectivity index (χ1) is 9.47. The van der Waals surface area contributed by atoms with Crippen molar-refractivity contribution in [3.8, 4) is 0 Å². The van der Waals surface area contributed by atoms with E-state index in [0.29, 0.717) is 0 Å². The molecule has 20 heavy (non-hydrogen) atoms. The van der Waals surface area contributed by atoms with E-state index in [0.717, 1.165) is 24.0 Å². The van der Waals surface area contributed by atoms with Crippen molar-refractivity contribution in [1.29, 1.82) is 0 Å². The van der Waals surface area contributed by atoms with Crippen LogP contribution in [-0.4, -0.2) is 73.1 Å². The number of likely N-dealkylation sites (tertiary alicyclic amines) is 2. The summed E-state index contributed by atoms with van der Waals surface area (Å²) in [7, 11) is 4.45. The Hall–Kier alpha value is -0.120. The summed E-state index contributed by atoms with van der Waals surface area (Å²) in [4.78, 5) is 7.79. The summed E-state index contributed by atoms with van der Waals surface area (Å²) in [6.07, 6.45) is 5.58. The van der Waals surface area contributed by atoms with Gasteiger partial charge in [0.05, 0.1) is 0 Å². The average Bonchev–Trinajstić information content (AvgIpc) is 2.88. The molecule has 0 aromatic rings. The van der Waals surface area contributed by atoms with Crippen LogP contribution in [-0.2, 0) is 0 Å². The molecular weight excluding hydrogens is 246 g/mol. The molecule has 0 spiro atoms. The third-order valence-electron chi connectivity index (χ3n) is 5.50. The molecule has 0 saturated carbocycles. The summed E-state index contributed by atoms with van der Waals surface area (Å²) in [5.74, 6) is 0.916. The zero-order valence-electron chi connectivity index (χ0n) is 14.3. The highest BCUT2D eigenvalue weighted by Gasteiger charge is 2.30. The van der Waals surface area contributed by atoms with Crippen molar-refractivity contribution >= 4 is 0 Å². The van der Waals surface area contributed by atoms with Gasteiger partial charge in [-0.1, -0.05) is 0 Å². The van der Waals surface area contributed by atoms with Crippen molar-refractivity contribution in [1.82, 2.24) is 14.7 Å². The Kier molecular flexibility index (Phi) is 5.88. The molecular formula is C17H35N3. The highest BCUT2D eigenvalue weighted by molar-refractivity contribution is 4.86. The molecule has 0 bridgehead atoms. The summed E-state index contributed by atoms with van der Waals surface area (Å²) < 4.78 is 0. The maximum absolute atomic E-state index is 2.72. The largest absolute Gasteiger partial charge is 0.305 e. The molecule has 0 aromatic heterocycles. The molecule has 2 saturated heterocycles. The van der Waals surface area contributed by atoms with Crippen LogP contribution in [0.4, 0.5) is 0 Å². The van der Waals surface area contributed by atoms with Crippen LogP contribution in [0.1, 0.15) is 46.5 Å². The van der Waals surface area contributed by atoms with Crippen molar-refractivity contribution < 1.29 is 0 Å². The summed E-state index contributed by atoms with van der Waals surface area (Å²) in [6.45, 7) is 12.3. The molecule has 0 aromatic carbocycles. The Balaban J connectivity index is 1.78. The number of hydrogen-bond acceptors (Lipinski definition) is 3. The second kappa shape index (κ2) is 7.24. The third kappa shape index (κ3) is 4.19. The van der Waals surface area contributed by atoms with Gasteiger partial charge in [-0.2, -0.15) is 0 Å². The summed E-state index contributed by atoms with van der Waals surface area (Å²) in [6, 6.07) is 2.26. The average molecular weight is 281 g/mol. The molecule has 0 N–H and O–H groups in total. The number of rotatable bonds is 5. The first kappa shape index (κ1) is 16.3. The molecule has 2 rings (SSSR count). The van der Waals surface area contributed by atoms with Gasteiger partial charge in [-0.3, -0.25) is 4.90 Å². The molecule has 0 aliphatic carbocycles. The summed E-state index contributed by atoms with van der Waals surface area (Å²) in [5, 5.41) is 0. The molecule has 2 aliphatic rings. The predicted molar refractivity (Wildman–Crippen MR) is 87.2 cm³/mol. The highest BCUT2D eigenvalue weighted by atomic mass is 15.2. The summed E-state index contributed by atoms with van der Waals surface area (Å²) in [5.41, 5.74) is 0. The van der Waals surface area contributed by atoms with Gasteiger partial charge in [0.1, 0.15) is 0 Å². The third-order valence-corrected chi connectivity index (χ3v) is 5.50. The fourth-order valence-electron chi connectivity index (χ4n) is 3.98. The van der Waals surface area contributed by atoms with Crippen LogP contribution in [0.2, 0.25) is 0 Å². The van der Waals surface area contributed by atoms with E-state index >= 15 is 0 Å². The number of likely N-dealkylation sites (N-methyl/N-ethyl adjacent to an activating group) is 1. The van der Waals surface area contributed by atoms with Gasteiger partial charge < -0.3 is 9.80 Å². The minimum Gasteiger partial charge on any atom is -0.305 e. The fraction of sp³-hybridized carbons (Fsp3) is 1.00. The Morgan fingerprint density at radius 2 is 1.75 bits per heavy atom. The van der Waals surface area contributed by atoms with Crippen LogP contribution in [0.3, 0.4) is 0 Å². The van der Waals surface area contributed by atoms with Gasteiger partial charge in [-0.05, 0) is 73.0 Å². The minimum absolute atomic E-state index is 0.720. The van der Waals surface area contributed by atoms with Crippen molar-refractivity contribution in [2.75, 3.05) is 40.3 Å². The molecule has 2 fully saturated rings. The second-order valence-electron chi connectivity index (χ2n) is 7.58. The van der Waals surface area contributed by atoms with Crippen LogP contribution >= 0.6 is 0 Å². The van der Waals surface area contributed by atoms with Crippen LogP contribution in [0.25, 0.3) is 0 Å². The van der Waals surface area contributed by atoms with Gasteiger partial charge in [0.25, 0.3) is 0 Å². The number of piperidine rings is 1. The predicted octanol–water partition coefficient (Wildman–Crippen LogP) is 2.52. The molecule has 118 valence electrons. The van der Waals surface area contributed by atoms with Crippen molar-refractivity contribution in [3.05, 3.63) is 0 Å². The molecule has 0 radical (unpaired) electrons. The topological polar surface area (TPSA) is 9.72 Å². The van der Waals surface area contributed by atoms with Gasteiger partial charge in [0.15, 0.2) is 0 Å². The van der Waals surface area contributed by atoms with Crippen LogP contribution in [0.5, 0.6) is 0 Å². The van der Waals surface area contributed by atoms with E-state index in [1.165, 1.54) is 51.9 Å². The highest BCUT2D eigenvalue weighted by Crippen LogP contribution is 2.26. The Bertz CT molecular complexity index is 290. The molecule has 2 aliphatic heterocycles. The van der Waals surface area contributed by atoms with E-state index in [1.54, 1.807) is 0 Å². The molecule has 3 unspecified atom stereocenters. The molecule has 0 amide bonds. The van der Waals surface area contributed by atoms with E-state index in [1.807, 2.05) is 0 Å². The SMILES string of the molecule is CC(C)N1CCCC(CC(C)N2CCC(N(C)C)C2)C1. The first-order valence-electron chi connectivity index (χ1n) is 8.62. The zero-order chi connectivity index (χ0) is 14.7. The van der Waals surface area contributed by atoms with E-state index in [9.17, 15) is 0 Å². The van der Waals surface area contributed by atoms with Crippen molar-refractivity contribution in [3.63, 3.8) is 0 Å². The lowest BCUT2D eigenvalue weighted by atomic mass is 9.91. The van der Waals surface area contributed by atoms with Gasteiger partial charge >= 0.3 is 0 Å². The fourth-order valence-corrected chi connectivity index (χ4v) is 3.98. The molecule has 3 atom stereocenters.